The van der Waals surface area contributed by atoms with Gasteiger partial charge >= 0.3 is 5.97 Å². The summed E-state index contributed by atoms with van der Waals surface area (Å²) >= 11 is 0. The van der Waals surface area contributed by atoms with Gasteiger partial charge in [-0.25, -0.2) is 13.1 Å². The Kier molecular flexibility index (Phi) is 4.72. The van der Waals surface area contributed by atoms with Crippen molar-refractivity contribution in [3.63, 3.8) is 0 Å². The number of nitrogens with zero attached hydrogens (tertiary/aromatic N) is 1. The van der Waals surface area contributed by atoms with Crippen LogP contribution >= 0.6 is 0 Å². The zero-order valence-corrected chi connectivity index (χ0v) is 11.8. The van der Waals surface area contributed by atoms with E-state index in [0.717, 1.165) is 5.56 Å². The van der Waals surface area contributed by atoms with E-state index < -0.39 is 21.9 Å². The van der Waals surface area contributed by atoms with Crippen molar-refractivity contribution in [3.8, 4) is 0 Å². The molecule has 1 heterocycles. The van der Waals surface area contributed by atoms with Gasteiger partial charge in [0.2, 0.25) is 10.0 Å². The Hall–Kier alpha value is -1.47. The van der Waals surface area contributed by atoms with Gasteiger partial charge in [-0.1, -0.05) is 0 Å². The van der Waals surface area contributed by atoms with Crippen LogP contribution in [0.2, 0.25) is 0 Å². The third-order valence-corrected chi connectivity index (χ3v) is 4.97. The van der Waals surface area contributed by atoms with Gasteiger partial charge in [0.05, 0.1) is 11.7 Å². The average Bonchev–Trinajstić information content (AvgIpc) is 2.86. The topological polar surface area (TPSA) is 96.4 Å². The molecule has 20 heavy (non-hydrogen) atoms. The van der Waals surface area contributed by atoms with Crippen molar-refractivity contribution in [2.75, 3.05) is 5.75 Å². The first-order chi connectivity index (χ1) is 9.46. The minimum absolute atomic E-state index is 0.00521. The van der Waals surface area contributed by atoms with Crippen molar-refractivity contribution in [2.45, 2.75) is 31.7 Å². The molecule has 1 fully saturated rings. The van der Waals surface area contributed by atoms with Crippen LogP contribution in [0, 0.1) is 5.92 Å². The molecular formula is C13H18N2O4S. The Balaban J connectivity index is 1.84. The largest absolute Gasteiger partial charge is 0.481 e. The number of nitrogens with one attached hydrogen (secondary N) is 1. The van der Waals surface area contributed by atoms with Crippen LogP contribution in [-0.2, 0) is 21.2 Å². The normalized spacial score (nSPS) is 22.8. The van der Waals surface area contributed by atoms with Crippen molar-refractivity contribution >= 4 is 16.0 Å². The SMILES string of the molecule is O=C(O)[C@@H]1CC[C@H](NS(=O)(=O)CCc2ccncc2)C1. The number of carboxylic acids is 1. The second-order valence-electron chi connectivity index (χ2n) is 5.09. The van der Waals surface area contributed by atoms with Gasteiger partial charge < -0.3 is 5.11 Å². The molecule has 1 aromatic rings. The standard InChI is InChI=1S/C13H18N2O4S/c16-13(17)11-1-2-12(9-11)15-20(18,19)8-5-10-3-6-14-7-4-10/h3-4,6-7,11-12,15H,1-2,5,8-9H2,(H,16,17)/t11-,12+/m1/s1. The Morgan fingerprint density at radius 3 is 2.65 bits per heavy atom. The number of aromatic nitrogens is 1. The van der Waals surface area contributed by atoms with Crippen LogP contribution in [0.25, 0.3) is 0 Å². The van der Waals surface area contributed by atoms with Crippen molar-refractivity contribution < 1.29 is 18.3 Å². The van der Waals surface area contributed by atoms with Gasteiger partial charge in [-0.3, -0.25) is 9.78 Å². The molecule has 0 saturated heterocycles. The molecule has 2 N–H and O–H groups in total. The van der Waals surface area contributed by atoms with E-state index in [1.807, 2.05) is 0 Å². The first-order valence-electron chi connectivity index (χ1n) is 6.58. The number of pyridine rings is 1. The Morgan fingerprint density at radius 2 is 2.05 bits per heavy atom. The third kappa shape index (κ3) is 4.28. The molecule has 2 atom stereocenters. The number of hydrogen-bond acceptors (Lipinski definition) is 4. The first kappa shape index (κ1) is 14.9. The number of sulfonamides is 1. The molecule has 2 rings (SSSR count). The summed E-state index contributed by atoms with van der Waals surface area (Å²) < 4.78 is 26.5. The van der Waals surface area contributed by atoms with Crippen molar-refractivity contribution in [3.05, 3.63) is 30.1 Å². The van der Waals surface area contributed by atoms with E-state index in [1.54, 1.807) is 24.5 Å². The smallest absolute Gasteiger partial charge is 0.306 e. The minimum Gasteiger partial charge on any atom is -0.481 e. The molecule has 0 unspecified atom stereocenters. The number of hydrogen-bond donors (Lipinski definition) is 2. The van der Waals surface area contributed by atoms with Gasteiger partial charge in [0.15, 0.2) is 0 Å². The number of rotatable bonds is 6. The third-order valence-electron chi connectivity index (χ3n) is 3.54. The number of carbonyl (C=O) groups is 1. The quantitative estimate of drug-likeness (QED) is 0.809. The van der Waals surface area contributed by atoms with Crippen molar-refractivity contribution in [1.29, 1.82) is 0 Å². The molecule has 1 saturated carbocycles. The summed E-state index contributed by atoms with van der Waals surface area (Å²) in [6, 6.07) is 3.32. The molecule has 1 aliphatic carbocycles. The van der Waals surface area contributed by atoms with Gasteiger partial charge in [0, 0.05) is 18.4 Å². The highest BCUT2D eigenvalue weighted by Crippen LogP contribution is 2.26. The van der Waals surface area contributed by atoms with E-state index in [2.05, 4.69) is 9.71 Å². The van der Waals surface area contributed by atoms with E-state index >= 15 is 0 Å². The fourth-order valence-corrected chi connectivity index (χ4v) is 3.77. The summed E-state index contributed by atoms with van der Waals surface area (Å²) in [5.41, 5.74) is 0.917. The van der Waals surface area contributed by atoms with Crippen molar-refractivity contribution in [1.82, 2.24) is 9.71 Å². The lowest BCUT2D eigenvalue weighted by Crippen LogP contribution is -2.35. The molecular weight excluding hydrogens is 280 g/mol. The maximum Gasteiger partial charge on any atom is 0.306 e. The molecule has 1 aromatic heterocycles. The van der Waals surface area contributed by atoms with Gasteiger partial charge in [-0.15, -0.1) is 0 Å². The molecule has 0 spiro atoms. The Labute approximate surface area is 118 Å². The zero-order chi connectivity index (χ0) is 14.6. The lowest BCUT2D eigenvalue weighted by atomic mass is 10.1. The second-order valence-corrected chi connectivity index (χ2v) is 6.96. The fourth-order valence-electron chi connectivity index (χ4n) is 2.43. The van der Waals surface area contributed by atoms with E-state index in [9.17, 15) is 13.2 Å². The molecule has 0 radical (unpaired) electrons. The summed E-state index contributed by atoms with van der Waals surface area (Å²) in [5, 5.41) is 8.90. The van der Waals surface area contributed by atoms with Crippen LogP contribution in [0.3, 0.4) is 0 Å². The van der Waals surface area contributed by atoms with Crippen LogP contribution in [-0.4, -0.2) is 36.3 Å². The fraction of sp³-hybridized carbons (Fsp3) is 0.538. The minimum atomic E-state index is -3.38. The Morgan fingerprint density at radius 1 is 1.35 bits per heavy atom. The predicted molar refractivity (Wildman–Crippen MR) is 73.6 cm³/mol. The highest BCUT2D eigenvalue weighted by atomic mass is 32.2. The molecule has 0 aliphatic heterocycles. The maximum atomic E-state index is 12.0. The number of carboxylic acid groups (broad SMARTS) is 1. The van der Waals surface area contributed by atoms with E-state index in [0.29, 0.717) is 25.7 Å². The molecule has 0 aromatic carbocycles. The van der Waals surface area contributed by atoms with Gasteiger partial charge in [-0.2, -0.15) is 0 Å². The van der Waals surface area contributed by atoms with E-state index in [4.69, 9.17) is 5.11 Å². The summed E-state index contributed by atoms with van der Waals surface area (Å²) in [7, 11) is -3.38. The van der Waals surface area contributed by atoms with Crippen LogP contribution in [0.5, 0.6) is 0 Å². The highest BCUT2D eigenvalue weighted by Gasteiger charge is 2.31. The Bertz CT molecular complexity index is 559. The first-order valence-corrected chi connectivity index (χ1v) is 8.23. The molecule has 110 valence electrons. The summed E-state index contributed by atoms with van der Waals surface area (Å²) in [6.07, 6.45) is 5.18. The molecule has 0 amide bonds. The monoisotopic (exact) mass is 298 g/mol. The van der Waals surface area contributed by atoms with Crippen LogP contribution < -0.4 is 4.72 Å². The van der Waals surface area contributed by atoms with Crippen LogP contribution in [0.15, 0.2) is 24.5 Å². The zero-order valence-electron chi connectivity index (χ0n) is 11.0. The summed E-state index contributed by atoms with van der Waals surface area (Å²) in [6.45, 7) is 0. The van der Waals surface area contributed by atoms with Gasteiger partial charge in [0.25, 0.3) is 0 Å². The van der Waals surface area contributed by atoms with Crippen molar-refractivity contribution in [2.24, 2.45) is 5.92 Å². The van der Waals surface area contributed by atoms with Crippen LogP contribution in [0.1, 0.15) is 24.8 Å². The van der Waals surface area contributed by atoms with Crippen LogP contribution in [0.4, 0.5) is 0 Å². The van der Waals surface area contributed by atoms with Gasteiger partial charge in [-0.05, 0) is 43.4 Å². The second kappa shape index (κ2) is 6.32. The average molecular weight is 298 g/mol. The molecule has 7 heteroatoms. The van der Waals surface area contributed by atoms with Gasteiger partial charge in [0.1, 0.15) is 0 Å². The highest BCUT2D eigenvalue weighted by molar-refractivity contribution is 7.89. The van der Waals surface area contributed by atoms with E-state index in [-0.39, 0.29) is 11.8 Å². The molecule has 1 aliphatic rings. The summed E-state index contributed by atoms with van der Waals surface area (Å²) in [5.74, 6) is -1.27. The van der Waals surface area contributed by atoms with E-state index in [1.165, 1.54) is 0 Å². The molecule has 6 nitrogen and oxygen atoms in total. The lowest BCUT2D eigenvalue weighted by molar-refractivity contribution is -0.141. The lowest BCUT2D eigenvalue weighted by Gasteiger charge is -2.12. The number of aryl methyl sites for hydroxylation is 1. The number of aliphatic carboxylic acids is 1. The predicted octanol–water partition coefficient (Wildman–Crippen LogP) is 0.797. The summed E-state index contributed by atoms with van der Waals surface area (Å²) in [4.78, 5) is 14.7. The molecule has 0 bridgehead atoms. The maximum absolute atomic E-state index is 12.0.